The molecular formula is C14H31NO4. The number of ether oxygens (including phenoxy) is 4. The molecule has 1 unspecified atom stereocenters. The van der Waals surface area contributed by atoms with Crippen molar-refractivity contribution >= 4 is 0 Å². The first kappa shape index (κ1) is 18.8. The van der Waals surface area contributed by atoms with Crippen LogP contribution < -0.4 is 5.32 Å². The monoisotopic (exact) mass is 277 g/mol. The molecule has 0 aliphatic rings. The average Bonchev–Trinajstić information content (AvgIpc) is 2.39. The Kier molecular flexibility index (Phi) is 14.1. The van der Waals surface area contributed by atoms with Crippen molar-refractivity contribution in [2.75, 3.05) is 59.9 Å². The van der Waals surface area contributed by atoms with E-state index in [0.29, 0.717) is 51.6 Å². The van der Waals surface area contributed by atoms with Crippen molar-refractivity contribution in [2.45, 2.75) is 26.8 Å². The first-order valence-corrected chi connectivity index (χ1v) is 7.17. The van der Waals surface area contributed by atoms with Crippen molar-refractivity contribution in [3.63, 3.8) is 0 Å². The van der Waals surface area contributed by atoms with Crippen LogP contribution in [0, 0.1) is 5.92 Å². The molecule has 0 fully saturated rings. The van der Waals surface area contributed by atoms with Crippen molar-refractivity contribution in [3.8, 4) is 0 Å². The highest BCUT2D eigenvalue weighted by Crippen LogP contribution is 2.01. The summed E-state index contributed by atoms with van der Waals surface area (Å²) >= 11 is 0. The quantitative estimate of drug-likeness (QED) is 0.485. The number of hydrogen-bond donors (Lipinski definition) is 1. The second-order valence-corrected chi connectivity index (χ2v) is 4.70. The standard InChI is InChI=1S/C14H31NO4/c1-5-15-14(13(2)3)12-19-11-10-18-9-8-17-7-6-16-4/h13-15H,5-12H2,1-4H3. The molecule has 0 bridgehead atoms. The maximum absolute atomic E-state index is 5.61. The molecule has 0 aliphatic carbocycles. The van der Waals surface area contributed by atoms with E-state index < -0.39 is 0 Å². The molecule has 1 N–H and O–H groups in total. The summed E-state index contributed by atoms with van der Waals surface area (Å²) in [4.78, 5) is 0. The Balaban J connectivity index is 3.25. The van der Waals surface area contributed by atoms with E-state index in [4.69, 9.17) is 18.9 Å². The van der Waals surface area contributed by atoms with Crippen LogP contribution in [0.25, 0.3) is 0 Å². The summed E-state index contributed by atoms with van der Waals surface area (Å²) in [5, 5.41) is 3.42. The fourth-order valence-electron chi connectivity index (χ4n) is 1.54. The largest absolute Gasteiger partial charge is 0.382 e. The summed E-state index contributed by atoms with van der Waals surface area (Å²) in [6.07, 6.45) is 0. The molecule has 0 saturated carbocycles. The highest BCUT2D eigenvalue weighted by molar-refractivity contribution is 4.68. The molecule has 0 saturated heterocycles. The Bertz CT molecular complexity index is 179. The molecular weight excluding hydrogens is 246 g/mol. The van der Waals surface area contributed by atoms with Gasteiger partial charge in [0.1, 0.15) is 0 Å². The van der Waals surface area contributed by atoms with Gasteiger partial charge in [-0.2, -0.15) is 0 Å². The molecule has 0 aromatic heterocycles. The zero-order chi connectivity index (χ0) is 14.3. The van der Waals surface area contributed by atoms with E-state index in [1.165, 1.54) is 0 Å². The maximum atomic E-state index is 5.61. The number of hydrogen-bond acceptors (Lipinski definition) is 5. The Labute approximate surface area is 117 Å². The molecule has 0 spiro atoms. The van der Waals surface area contributed by atoms with Crippen LogP contribution in [0.15, 0.2) is 0 Å². The molecule has 5 heteroatoms. The van der Waals surface area contributed by atoms with Crippen LogP contribution in [0.1, 0.15) is 20.8 Å². The molecule has 0 aromatic carbocycles. The van der Waals surface area contributed by atoms with E-state index in [0.717, 1.165) is 13.2 Å². The summed E-state index contributed by atoms with van der Waals surface area (Å²) < 4.78 is 21.2. The van der Waals surface area contributed by atoms with Gasteiger partial charge in [0.15, 0.2) is 0 Å². The number of nitrogens with one attached hydrogen (secondary N) is 1. The molecule has 0 radical (unpaired) electrons. The summed E-state index contributed by atoms with van der Waals surface area (Å²) in [6.45, 7) is 11.9. The van der Waals surface area contributed by atoms with Crippen molar-refractivity contribution < 1.29 is 18.9 Å². The molecule has 0 heterocycles. The Morgan fingerprint density at radius 2 is 1.37 bits per heavy atom. The second-order valence-electron chi connectivity index (χ2n) is 4.70. The summed E-state index contributed by atoms with van der Waals surface area (Å²) in [5.74, 6) is 0.579. The Morgan fingerprint density at radius 3 is 1.84 bits per heavy atom. The van der Waals surface area contributed by atoms with Gasteiger partial charge in [-0.1, -0.05) is 20.8 Å². The van der Waals surface area contributed by atoms with Crippen LogP contribution in [-0.4, -0.2) is 65.9 Å². The van der Waals surface area contributed by atoms with Crippen LogP contribution in [0.4, 0.5) is 0 Å². The van der Waals surface area contributed by atoms with Gasteiger partial charge in [0.25, 0.3) is 0 Å². The third-order valence-electron chi connectivity index (χ3n) is 2.74. The summed E-state index contributed by atoms with van der Waals surface area (Å²) in [5.41, 5.74) is 0. The van der Waals surface area contributed by atoms with Crippen LogP contribution in [0.2, 0.25) is 0 Å². The minimum atomic E-state index is 0.419. The number of likely N-dealkylation sites (N-methyl/N-ethyl adjacent to an activating group) is 1. The molecule has 116 valence electrons. The van der Waals surface area contributed by atoms with Crippen LogP contribution >= 0.6 is 0 Å². The van der Waals surface area contributed by atoms with Gasteiger partial charge < -0.3 is 24.3 Å². The zero-order valence-corrected chi connectivity index (χ0v) is 12.9. The molecule has 0 amide bonds. The lowest BCUT2D eigenvalue weighted by Gasteiger charge is -2.21. The van der Waals surface area contributed by atoms with E-state index in [2.05, 4.69) is 26.1 Å². The molecule has 0 rings (SSSR count). The SMILES string of the molecule is CCNC(COCCOCCOCCOC)C(C)C. The topological polar surface area (TPSA) is 49.0 Å². The van der Waals surface area contributed by atoms with Crippen LogP contribution in [0.5, 0.6) is 0 Å². The smallest absolute Gasteiger partial charge is 0.0701 e. The van der Waals surface area contributed by atoms with E-state index in [1.807, 2.05) is 0 Å². The van der Waals surface area contributed by atoms with Crippen molar-refractivity contribution in [3.05, 3.63) is 0 Å². The molecule has 0 aromatic rings. The normalized spacial score (nSPS) is 13.1. The first-order chi connectivity index (χ1) is 9.22. The van der Waals surface area contributed by atoms with Crippen LogP contribution in [0.3, 0.4) is 0 Å². The van der Waals surface area contributed by atoms with E-state index in [-0.39, 0.29) is 0 Å². The number of rotatable bonds is 14. The van der Waals surface area contributed by atoms with Crippen LogP contribution in [-0.2, 0) is 18.9 Å². The molecule has 0 aliphatic heterocycles. The highest BCUT2D eigenvalue weighted by atomic mass is 16.6. The van der Waals surface area contributed by atoms with Crippen molar-refractivity contribution in [1.82, 2.24) is 5.32 Å². The van der Waals surface area contributed by atoms with Gasteiger partial charge in [-0.3, -0.25) is 0 Å². The third kappa shape index (κ3) is 12.6. The van der Waals surface area contributed by atoms with E-state index in [1.54, 1.807) is 7.11 Å². The zero-order valence-electron chi connectivity index (χ0n) is 12.9. The second kappa shape index (κ2) is 14.2. The van der Waals surface area contributed by atoms with Crippen molar-refractivity contribution in [1.29, 1.82) is 0 Å². The lowest BCUT2D eigenvalue weighted by molar-refractivity contribution is -0.000853. The van der Waals surface area contributed by atoms with Gasteiger partial charge in [-0.05, 0) is 12.5 Å². The van der Waals surface area contributed by atoms with Gasteiger partial charge in [-0.25, -0.2) is 0 Å². The Morgan fingerprint density at radius 1 is 0.842 bits per heavy atom. The predicted octanol–water partition coefficient (Wildman–Crippen LogP) is 1.32. The van der Waals surface area contributed by atoms with Gasteiger partial charge in [0, 0.05) is 13.2 Å². The lowest BCUT2D eigenvalue weighted by atomic mass is 10.1. The fraction of sp³-hybridized carbons (Fsp3) is 1.00. The lowest BCUT2D eigenvalue weighted by Crippen LogP contribution is -2.38. The van der Waals surface area contributed by atoms with Gasteiger partial charge in [0.2, 0.25) is 0 Å². The maximum Gasteiger partial charge on any atom is 0.0701 e. The number of methoxy groups -OCH3 is 1. The van der Waals surface area contributed by atoms with Gasteiger partial charge in [-0.15, -0.1) is 0 Å². The summed E-state index contributed by atoms with van der Waals surface area (Å²) in [7, 11) is 1.66. The van der Waals surface area contributed by atoms with E-state index in [9.17, 15) is 0 Å². The summed E-state index contributed by atoms with van der Waals surface area (Å²) in [6, 6.07) is 0.419. The first-order valence-electron chi connectivity index (χ1n) is 7.17. The fourth-order valence-corrected chi connectivity index (χ4v) is 1.54. The molecule has 19 heavy (non-hydrogen) atoms. The Hall–Kier alpha value is -0.200. The third-order valence-corrected chi connectivity index (χ3v) is 2.74. The van der Waals surface area contributed by atoms with E-state index >= 15 is 0 Å². The molecule has 5 nitrogen and oxygen atoms in total. The predicted molar refractivity (Wildman–Crippen MR) is 76.6 cm³/mol. The minimum absolute atomic E-state index is 0.419. The highest BCUT2D eigenvalue weighted by Gasteiger charge is 2.11. The molecule has 1 atom stereocenters. The van der Waals surface area contributed by atoms with Crippen molar-refractivity contribution in [2.24, 2.45) is 5.92 Å². The van der Waals surface area contributed by atoms with Gasteiger partial charge in [0.05, 0.1) is 46.2 Å². The van der Waals surface area contributed by atoms with Gasteiger partial charge >= 0.3 is 0 Å². The average molecular weight is 277 g/mol. The minimum Gasteiger partial charge on any atom is -0.382 e.